The molecule has 2 spiro atoms. The van der Waals surface area contributed by atoms with E-state index in [1.807, 2.05) is 0 Å². The van der Waals surface area contributed by atoms with Gasteiger partial charge in [-0.3, -0.25) is 10.1 Å². The van der Waals surface area contributed by atoms with Crippen molar-refractivity contribution in [1.29, 1.82) is 0 Å². The van der Waals surface area contributed by atoms with Gasteiger partial charge in [-0.05, 0) is 49.1 Å². The lowest BCUT2D eigenvalue weighted by molar-refractivity contribution is -0.663. The molecule has 0 bridgehead atoms. The lowest BCUT2D eigenvalue weighted by atomic mass is 9.71. The highest BCUT2D eigenvalue weighted by Crippen LogP contribution is 2.48. The molecule has 1 aromatic carbocycles. The lowest BCUT2D eigenvalue weighted by Gasteiger charge is -2.48. The van der Waals surface area contributed by atoms with E-state index in [2.05, 4.69) is 20.8 Å². The largest absolute Gasteiger partial charge is 0.514 e. The maximum atomic E-state index is 12.1. The van der Waals surface area contributed by atoms with E-state index in [-0.39, 0.29) is 23.0 Å². The van der Waals surface area contributed by atoms with Gasteiger partial charge in [0.25, 0.3) is 5.69 Å². The SMILES string of the molecule is CC(C)(C)C1CCC2(CC1)OOC1(CCC(OC(=O)Oc3ccc([N+](=O)[O-])cc3)CC1)OO2. The molecule has 0 N–H and O–H groups in total. The minimum Gasteiger partial charge on any atom is -0.431 e. The van der Waals surface area contributed by atoms with Crippen LogP contribution in [0.2, 0.25) is 0 Å². The van der Waals surface area contributed by atoms with Crippen molar-refractivity contribution in [2.45, 2.75) is 89.8 Å². The zero-order valence-corrected chi connectivity index (χ0v) is 19.2. The number of nitro benzene ring substituents is 1. The van der Waals surface area contributed by atoms with Crippen molar-refractivity contribution in [2.24, 2.45) is 11.3 Å². The summed E-state index contributed by atoms with van der Waals surface area (Å²) in [6, 6.07) is 5.21. The van der Waals surface area contributed by atoms with Crippen LogP contribution in [0.4, 0.5) is 10.5 Å². The van der Waals surface area contributed by atoms with Crippen LogP contribution in [0.1, 0.15) is 72.1 Å². The van der Waals surface area contributed by atoms with Gasteiger partial charge in [-0.1, -0.05) is 20.8 Å². The molecule has 0 atom stereocenters. The molecule has 182 valence electrons. The molecule has 10 nitrogen and oxygen atoms in total. The molecular weight excluding hydrogens is 434 g/mol. The standard InChI is InChI=1S/C23H31NO9/c1-21(2,3)16-8-12-22(13-9-16)30-32-23(33-31-22)14-10-19(11-15-23)29-20(25)28-18-6-4-17(5-7-18)24(26)27/h4-7,16,19H,8-15H2,1-3H3. The predicted molar refractivity (Wildman–Crippen MR) is 114 cm³/mol. The third-order valence-corrected chi connectivity index (χ3v) is 6.87. The van der Waals surface area contributed by atoms with Gasteiger partial charge in [0, 0.05) is 37.8 Å². The zero-order valence-electron chi connectivity index (χ0n) is 19.2. The molecule has 0 unspecified atom stereocenters. The number of rotatable bonds is 3. The summed E-state index contributed by atoms with van der Waals surface area (Å²) in [6.45, 7) is 6.76. The number of carbonyl (C=O) groups excluding carboxylic acids is 1. The minimum atomic E-state index is -1.01. The van der Waals surface area contributed by atoms with Crippen molar-refractivity contribution >= 4 is 11.8 Å². The quantitative estimate of drug-likeness (QED) is 0.185. The van der Waals surface area contributed by atoms with Crippen molar-refractivity contribution in [2.75, 3.05) is 0 Å². The molecule has 0 aromatic heterocycles. The number of non-ortho nitro benzene ring substituents is 1. The van der Waals surface area contributed by atoms with Crippen LogP contribution in [0.25, 0.3) is 0 Å². The van der Waals surface area contributed by atoms with Gasteiger partial charge in [-0.2, -0.15) is 19.6 Å². The highest BCUT2D eigenvalue weighted by atomic mass is 17.4. The average molecular weight is 465 g/mol. The Morgan fingerprint density at radius 3 is 1.88 bits per heavy atom. The summed E-state index contributed by atoms with van der Waals surface area (Å²) < 4.78 is 10.5. The molecule has 4 rings (SSSR count). The molecule has 1 saturated heterocycles. The van der Waals surface area contributed by atoms with E-state index < -0.39 is 22.7 Å². The van der Waals surface area contributed by atoms with E-state index in [1.54, 1.807) is 0 Å². The number of hydrogen-bond acceptors (Lipinski definition) is 9. The number of benzene rings is 1. The van der Waals surface area contributed by atoms with E-state index in [9.17, 15) is 14.9 Å². The van der Waals surface area contributed by atoms with Crippen LogP contribution in [-0.4, -0.2) is 28.8 Å². The van der Waals surface area contributed by atoms with E-state index in [4.69, 9.17) is 29.0 Å². The van der Waals surface area contributed by atoms with Crippen molar-refractivity contribution in [3.63, 3.8) is 0 Å². The Morgan fingerprint density at radius 2 is 1.42 bits per heavy atom. The number of nitro groups is 1. The molecule has 10 heteroatoms. The van der Waals surface area contributed by atoms with Crippen molar-refractivity contribution in [3.05, 3.63) is 34.4 Å². The summed E-state index contributed by atoms with van der Waals surface area (Å²) >= 11 is 0. The molecular formula is C23H31NO9. The van der Waals surface area contributed by atoms with Gasteiger partial charge in [0.05, 0.1) is 4.92 Å². The third-order valence-electron chi connectivity index (χ3n) is 6.87. The molecule has 2 aliphatic carbocycles. The van der Waals surface area contributed by atoms with Gasteiger partial charge < -0.3 is 9.47 Å². The van der Waals surface area contributed by atoms with Crippen LogP contribution >= 0.6 is 0 Å². The van der Waals surface area contributed by atoms with Crippen molar-refractivity contribution in [1.82, 2.24) is 0 Å². The molecule has 3 fully saturated rings. The Kier molecular flexibility index (Phi) is 6.63. The maximum Gasteiger partial charge on any atom is 0.514 e. The molecule has 3 aliphatic rings. The van der Waals surface area contributed by atoms with Gasteiger partial charge >= 0.3 is 6.16 Å². The first-order valence-corrected chi connectivity index (χ1v) is 11.4. The van der Waals surface area contributed by atoms with Gasteiger partial charge in [0.1, 0.15) is 11.9 Å². The van der Waals surface area contributed by atoms with Crippen LogP contribution in [0.15, 0.2) is 24.3 Å². The number of hydrogen-bond donors (Lipinski definition) is 0. The maximum absolute atomic E-state index is 12.1. The monoisotopic (exact) mass is 465 g/mol. The Bertz CT molecular complexity index is 836. The Morgan fingerprint density at radius 1 is 0.939 bits per heavy atom. The summed E-state index contributed by atoms with van der Waals surface area (Å²) in [5.74, 6) is -1.09. The van der Waals surface area contributed by atoms with Crippen LogP contribution in [-0.2, 0) is 24.3 Å². The smallest absolute Gasteiger partial charge is 0.431 e. The fraction of sp³-hybridized carbons (Fsp3) is 0.696. The summed E-state index contributed by atoms with van der Waals surface area (Å²) in [4.78, 5) is 45.2. The summed E-state index contributed by atoms with van der Waals surface area (Å²) in [7, 11) is 0. The van der Waals surface area contributed by atoms with E-state index >= 15 is 0 Å². The second kappa shape index (κ2) is 9.17. The van der Waals surface area contributed by atoms with Gasteiger partial charge in [0.2, 0.25) is 11.6 Å². The Balaban J connectivity index is 1.21. The Labute approximate surface area is 192 Å². The van der Waals surface area contributed by atoms with E-state index in [1.165, 1.54) is 24.3 Å². The predicted octanol–water partition coefficient (Wildman–Crippen LogP) is 5.59. The molecule has 1 aliphatic heterocycles. The molecule has 33 heavy (non-hydrogen) atoms. The fourth-order valence-corrected chi connectivity index (χ4v) is 4.63. The van der Waals surface area contributed by atoms with Crippen LogP contribution < -0.4 is 4.74 Å². The second-order valence-corrected chi connectivity index (χ2v) is 10.2. The van der Waals surface area contributed by atoms with Crippen LogP contribution in [0.3, 0.4) is 0 Å². The first-order valence-electron chi connectivity index (χ1n) is 11.4. The Hall–Kier alpha value is -2.27. The van der Waals surface area contributed by atoms with E-state index in [0.717, 1.165) is 12.8 Å². The number of nitrogens with zero attached hydrogens (tertiary/aromatic N) is 1. The lowest BCUT2D eigenvalue weighted by Crippen LogP contribution is -2.54. The van der Waals surface area contributed by atoms with Gasteiger partial charge in [-0.25, -0.2) is 4.79 Å². The normalized spacial score (nSPS) is 32.5. The van der Waals surface area contributed by atoms with Crippen LogP contribution in [0.5, 0.6) is 5.75 Å². The molecule has 0 radical (unpaired) electrons. The second-order valence-electron chi connectivity index (χ2n) is 10.2. The fourth-order valence-electron chi connectivity index (χ4n) is 4.63. The highest BCUT2D eigenvalue weighted by Gasteiger charge is 2.52. The van der Waals surface area contributed by atoms with Gasteiger partial charge in [-0.15, -0.1) is 0 Å². The molecule has 0 amide bonds. The topological polar surface area (TPSA) is 116 Å². The minimum absolute atomic E-state index is 0.0887. The van der Waals surface area contributed by atoms with Gasteiger partial charge in [0.15, 0.2) is 0 Å². The average Bonchev–Trinajstić information content (AvgIpc) is 2.78. The van der Waals surface area contributed by atoms with Crippen molar-refractivity contribution < 1.29 is 38.7 Å². The summed E-state index contributed by atoms with van der Waals surface area (Å²) in [5.41, 5.74) is 0.159. The van der Waals surface area contributed by atoms with Crippen LogP contribution in [0, 0.1) is 21.4 Å². The molecule has 1 heterocycles. The molecule has 1 aromatic rings. The zero-order chi connectivity index (χ0) is 23.7. The first-order chi connectivity index (χ1) is 15.6. The summed E-state index contributed by atoms with van der Waals surface area (Å²) in [5, 5.41) is 10.7. The highest BCUT2D eigenvalue weighted by molar-refractivity contribution is 5.64. The van der Waals surface area contributed by atoms with E-state index in [0.29, 0.717) is 44.4 Å². The third kappa shape index (κ3) is 5.63. The first kappa shape index (κ1) is 23.9. The molecule has 2 saturated carbocycles. The summed E-state index contributed by atoms with van der Waals surface area (Å²) in [6.07, 6.45) is 4.00. The van der Waals surface area contributed by atoms with Crippen molar-refractivity contribution in [3.8, 4) is 5.75 Å². The number of ether oxygens (including phenoxy) is 2. The number of carbonyl (C=O) groups is 1.